The third kappa shape index (κ3) is 5.43. The molecule has 0 N–H and O–H groups in total. The molecular weight excluding hydrogens is 345 g/mol. The number of halogens is 3. The van der Waals surface area contributed by atoms with Crippen molar-refractivity contribution in [2.24, 2.45) is 0 Å². The van der Waals surface area contributed by atoms with Gasteiger partial charge in [-0.2, -0.15) is 5.10 Å². The molecule has 0 radical (unpaired) electrons. The maximum absolute atomic E-state index is 6.30. The van der Waals surface area contributed by atoms with Gasteiger partial charge in [0.2, 0.25) is 0 Å². The van der Waals surface area contributed by atoms with E-state index in [0.717, 1.165) is 24.8 Å². The lowest BCUT2D eigenvalue weighted by atomic mass is 10.1. The first-order chi connectivity index (χ1) is 10.7. The minimum Gasteiger partial charge on any atom is -0.372 e. The van der Waals surface area contributed by atoms with Gasteiger partial charge in [-0.05, 0) is 31.4 Å². The van der Waals surface area contributed by atoms with Gasteiger partial charge in [0.05, 0.1) is 6.54 Å². The van der Waals surface area contributed by atoms with E-state index in [4.69, 9.17) is 39.5 Å². The number of alkyl halides is 1. The average molecular weight is 363 g/mol. The van der Waals surface area contributed by atoms with Crippen LogP contribution in [0.4, 0.5) is 0 Å². The molecule has 0 bridgehead atoms. The highest BCUT2D eigenvalue weighted by Crippen LogP contribution is 2.29. The number of hydrogen-bond acceptors (Lipinski definition) is 3. The fourth-order valence-corrected chi connectivity index (χ4v) is 2.82. The molecule has 0 aliphatic heterocycles. The minimum absolute atomic E-state index is 0.192. The Bertz CT molecular complexity index is 563. The second-order valence-corrected chi connectivity index (χ2v) is 6.11. The summed E-state index contributed by atoms with van der Waals surface area (Å²) >= 11 is 17.9. The van der Waals surface area contributed by atoms with Crippen molar-refractivity contribution in [2.75, 3.05) is 12.5 Å². The molecule has 1 atom stereocenters. The highest BCUT2D eigenvalue weighted by molar-refractivity contribution is 6.35. The molecule has 1 unspecified atom stereocenters. The van der Waals surface area contributed by atoms with Gasteiger partial charge in [-0.25, -0.2) is 4.98 Å². The van der Waals surface area contributed by atoms with Crippen LogP contribution in [0.3, 0.4) is 0 Å². The number of benzene rings is 1. The van der Waals surface area contributed by atoms with E-state index in [1.165, 1.54) is 6.33 Å². The van der Waals surface area contributed by atoms with Crippen LogP contribution in [0.15, 0.2) is 30.9 Å². The number of aromatic nitrogens is 3. The van der Waals surface area contributed by atoms with Crippen molar-refractivity contribution in [3.63, 3.8) is 0 Å². The lowest BCUT2D eigenvalue weighted by Gasteiger charge is -2.19. The highest BCUT2D eigenvalue weighted by atomic mass is 35.5. The first-order valence-electron chi connectivity index (χ1n) is 7.15. The van der Waals surface area contributed by atoms with E-state index in [9.17, 15) is 0 Å². The molecule has 0 amide bonds. The molecule has 1 aromatic heterocycles. The summed E-state index contributed by atoms with van der Waals surface area (Å²) in [6.45, 7) is 1.20. The van der Waals surface area contributed by atoms with Gasteiger partial charge in [0.25, 0.3) is 0 Å². The second kappa shape index (κ2) is 9.36. The van der Waals surface area contributed by atoms with Gasteiger partial charge < -0.3 is 4.74 Å². The molecule has 22 heavy (non-hydrogen) atoms. The maximum Gasteiger partial charge on any atom is 0.137 e. The topological polar surface area (TPSA) is 39.9 Å². The Morgan fingerprint density at radius 2 is 2.05 bits per heavy atom. The monoisotopic (exact) mass is 361 g/mol. The third-order valence-corrected chi connectivity index (χ3v) is 4.06. The van der Waals surface area contributed by atoms with Crippen molar-refractivity contribution >= 4 is 34.8 Å². The molecule has 2 aromatic rings. The number of hydrogen-bond donors (Lipinski definition) is 0. The molecule has 4 nitrogen and oxygen atoms in total. The standard InChI is InChI=1S/C15H18Cl3N3O/c16-6-2-1-3-7-22-15(9-21-11-19-10-20-21)13-5-4-12(17)8-14(13)18/h4-5,8,10-11,15H,1-3,6-7,9H2. The zero-order valence-corrected chi connectivity index (χ0v) is 14.4. The number of rotatable bonds is 9. The van der Waals surface area contributed by atoms with E-state index >= 15 is 0 Å². The predicted molar refractivity (Wildman–Crippen MR) is 89.7 cm³/mol. The predicted octanol–water partition coefficient (Wildman–Crippen LogP) is 4.75. The molecule has 1 heterocycles. The van der Waals surface area contributed by atoms with Crippen molar-refractivity contribution in [1.29, 1.82) is 0 Å². The Kier molecular flexibility index (Phi) is 7.46. The SMILES string of the molecule is ClCCCCCOC(Cn1cncn1)c1ccc(Cl)cc1Cl. The molecule has 2 rings (SSSR count). The Morgan fingerprint density at radius 1 is 1.18 bits per heavy atom. The summed E-state index contributed by atoms with van der Waals surface area (Å²) in [5.41, 5.74) is 0.902. The van der Waals surface area contributed by atoms with Crippen molar-refractivity contribution in [3.8, 4) is 0 Å². The molecule has 0 aliphatic carbocycles. The first kappa shape index (κ1) is 17.5. The molecule has 120 valence electrons. The van der Waals surface area contributed by atoms with Crippen LogP contribution in [-0.2, 0) is 11.3 Å². The van der Waals surface area contributed by atoms with E-state index in [2.05, 4.69) is 10.1 Å². The smallest absolute Gasteiger partial charge is 0.137 e. The fraction of sp³-hybridized carbons (Fsp3) is 0.467. The molecule has 0 aliphatic rings. The summed E-state index contributed by atoms with van der Waals surface area (Å²) in [5, 5.41) is 5.33. The Labute approximate surface area is 145 Å². The van der Waals surface area contributed by atoms with E-state index < -0.39 is 0 Å². The van der Waals surface area contributed by atoms with Gasteiger partial charge in [-0.15, -0.1) is 11.6 Å². The van der Waals surface area contributed by atoms with Crippen molar-refractivity contribution < 1.29 is 4.74 Å². The molecule has 7 heteroatoms. The van der Waals surface area contributed by atoms with E-state index in [0.29, 0.717) is 29.1 Å². The number of nitrogens with zero attached hydrogens (tertiary/aromatic N) is 3. The highest BCUT2D eigenvalue weighted by Gasteiger charge is 2.17. The van der Waals surface area contributed by atoms with E-state index in [-0.39, 0.29) is 6.10 Å². The molecule has 0 saturated heterocycles. The van der Waals surface area contributed by atoms with Gasteiger partial charge in [-0.3, -0.25) is 4.68 Å². The molecule has 0 fully saturated rings. The van der Waals surface area contributed by atoms with Gasteiger partial charge in [0.15, 0.2) is 0 Å². The first-order valence-corrected chi connectivity index (χ1v) is 8.44. The zero-order valence-electron chi connectivity index (χ0n) is 12.1. The van der Waals surface area contributed by atoms with Crippen molar-refractivity contribution in [1.82, 2.24) is 14.8 Å². The van der Waals surface area contributed by atoms with Crippen LogP contribution in [-0.4, -0.2) is 27.3 Å². The van der Waals surface area contributed by atoms with Crippen LogP contribution in [0.25, 0.3) is 0 Å². The normalized spacial score (nSPS) is 12.5. The lowest BCUT2D eigenvalue weighted by Crippen LogP contribution is -2.14. The van der Waals surface area contributed by atoms with E-state index in [1.807, 2.05) is 12.1 Å². The maximum atomic E-state index is 6.30. The molecular formula is C15H18Cl3N3O. The Morgan fingerprint density at radius 3 is 2.73 bits per heavy atom. The Hall–Kier alpha value is -0.810. The van der Waals surface area contributed by atoms with E-state index in [1.54, 1.807) is 17.1 Å². The van der Waals surface area contributed by atoms with Crippen LogP contribution < -0.4 is 0 Å². The largest absolute Gasteiger partial charge is 0.372 e. The van der Waals surface area contributed by atoms with Gasteiger partial charge in [0, 0.05) is 28.1 Å². The second-order valence-electron chi connectivity index (χ2n) is 4.89. The van der Waals surface area contributed by atoms with Crippen molar-refractivity contribution in [3.05, 3.63) is 46.5 Å². The Balaban J connectivity index is 2.03. The van der Waals surface area contributed by atoms with Crippen LogP contribution in [0, 0.1) is 0 Å². The fourth-order valence-electron chi connectivity index (χ4n) is 2.10. The summed E-state index contributed by atoms with van der Waals surface area (Å²) in [4.78, 5) is 3.95. The third-order valence-electron chi connectivity index (χ3n) is 3.23. The number of ether oxygens (including phenoxy) is 1. The summed E-state index contributed by atoms with van der Waals surface area (Å²) in [7, 11) is 0. The van der Waals surface area contributed by atoms with Crippen molar-refractivity contribution in [2.45, 2.75) is 31.9 Å². The van der Waals surface area contributed by atoms with Gasteiger partial charge >= 0.3 is 0 Å². The number of unbranched alkanes of at least 4 members (excludes halogenated alkanes) is 2. The van der Waals surface area contributed by atoms with Gasteiger partial charge in [-0.1, -0.05) is 29.3 Å². The summed E-state index contributed by atoms with van der Waals surface area (Å²) in [6.07, 6.45) is 5.98. The average Bonchev–Trinajstić information content (AvgIpc) is 2.99. The van der Waals surface area contributed by atoms with Gasteiger partial charge in [0.1, 0.15) is 18.8 Å². The minimum atomic E-state index is -0.192. The molecule has 0 saturated carbocycles. The summed E-state index contributed by atoms with van der Waals surface area (Å²) in [5.74, 6) is 0.686. The van der Waals surface area contributed by atoms with Crippen LogP contribution in [0.1, 0.15) is 30.9 Å². The summed E-state index contributed by atoms with van der Waals surface area (Å²) < 4.78 is 7.74. The van der Waals surface area contributed by atoms with Crippen LogP contribution >= 0.6 is 34.8 Å². The molecule has 0 spiro atoms. The quantitative estimate of drug-likeness (QED) is 0.477. The zero-order chi connectivity index (χ0) is 15.8. The van der Waals surface area contributed by atoms with Crippen LogP contribution in [0.5, 0.6) is 0 Å². The summed E-state index contributed by atoms with van der Waals surface area (Å²) in [6, 6.07) is 5.43. The van der Waals surface area contributed by atoms with Crippen LogP contribution in [0.2, 0.25) is 10.0 Å². The molecule has 1 aromatic carbocycles. The lowest BCUT2D eigenvalue weighted by molar-refractivity contribution is 0.0358.